The van der Waals surface area contributed by atoms with Crippen molar-refractivity contribution in [3.63, 3.8) is 0 Å². The molecule has 0 spiro atoms. The fourth-order valence-corrected chi connectivity index (χ4v) is 2.90. The van der Waals surface area contributed by atoms with Gasteiger partial charge >= 0.3 is 0 Å². The van der Waals surface area contributed by atoms with Crippen LogP contribution in [0.1, 0.15) is 30.6 Å². The van der Waals surface area contributed by atoms with Crippen LogP contribution in [0, 0.1) is 5.82 Å². The van der Waals surface area contributed by atoms with E-state index in [2.05, 4.69) is 33.2 Å². The Kier molecular flexibility index (Phi) is 6.15. The first kappa shape index (κ1) is 16.4. The minimum Gasteiger partial charge on any atom is -0.308 e. The molecule has 0 bridgehead atoms. The highest BCUT2D eigenvalue weighted by Gasteiger charge is 2.18. The Hall–Kier alpha value is -0.970. The molecular formula is C16H17BrClFN2. The summed E-state index contributed by atoms with van der Waals surface area (Å²) in [7, 11) is 0. The second-order valence-corrected chi connectivity index (χ2v) is 6.03. The van der Waals surface area contributed by atoms with Crippen LogP contribution in [0.2, 0.25) is 5.02 Å². The highest BCUT2D eigenvalue weighted by molar-refractivity contribution is 9.10. The number of hydrogen-bond acceptors (Lipinski definition) is 2. The van der Waals surface area contributed by atoms with Gasteiger partial charge in [0.2, 0.25) is 0 Å². The molecule has 0 amide bonds. The Balaban J connectivity index is 2.28. The molecule has 2 rings (SSSR count). The lowest BCUT2D eigenvalue weighted by Crippen LogP contribution is -2.25. The van der Waals surface area contributed by atoms with Gasteiger partial charge in [0, 0.05) is 10.7 Å². The van der Waals surface area contributed by atoms with Crippen LogP contribution in [0.25, 0.3) is 0 Å². The molecule has 112 valence electrons. The summed E-state index contributed by atoms with van der Waals surface area (Å²) in [5, 5.41) is 3.64. The van der Waals surface area contributed by atoms with Gasteiger partial charge in [-0.2, -0.15) is 0 Å². The van der Waals surface area contributed by atoms with Gasteiger partial charge in [0.1, 0.15) is 5.82 Å². The van der Waals surface area contributed by atoms with E-state index < -0.39 is 0 Å². The summed E-state index contributed by atoms with van der Waals surface area (Å²) in [6, 6.07) is 8.72. The molecule has 0 radical (unpaired) electrons. The van der Waals surface area contributed by atoms with Gasteiger partial charge in [-0.25, -0.2) is 4.39 Å². The number of rotatable bonds is 6. The van der Waals surface area contributed by atoms with Gasteiger partial charge in [-0.15, -0.1) is 0 Å². The van der Waals surface area contributed by atoms with Crippen molar-refractivity contribution in [2.45, 2.75) is 25.8 Å². The topological polar surface area (TPSA) is 24.9 Å². The number of pyridine rings is 1. The van der Waals surface area contributed by atoms with E-state index in [9.17, 15) is 4.39 Å². The normalized spacial score (nSPS) is 12.4. The smallest absolute Gasteiger partial charge is 0.142 e. The zero-order valence-corrected chi connectivity index (χ0v) is 14.1. The Morgan fingerprint density at radius 3 is 2.86 bits per heavy atom. The molecule has 2 aromatic rings. The average Bonchev–Trinajstić information content (AvgIpc) is 2.48. The van der Waals surface area contributed by atoms with Crippen molar-refractivity contribution in [1.82, 2.24) is 10.3 Å². The zero-order valence-electron chi connectivity index (χ0n) is 11.7. The van der Waals surface area contributed by atoms with E-state index in [0.29, 0.717) is 6.42 Å². The SMILES string of the molecule is CCCNC(Cc1cccc(F)c1Cl)c1ncccc1Br. The number of nitrogens with one attached hydrogen (secondary N) is 1. The Bertz CT molecular complexity index is 607. The second kappa shape index (κ2) is 7.87. The van der Waals surface area contributed by atoms with Crippen LogP contribution in [0.4, 0.5) is 4.39 Å². The van der Waals surface area contributed by atoms with E-state index in [1.165, 1.54) is 6.07 Å². The molecule has 1 heterocycles. The molecule has 0 aliphatic carbocycles. The predicted octanol–water partition coefficient (Wildman–Crippen LogP) is 4.92. The van der Waals surface area contributed by atoms with Gasteiger partial charge in [0.25, 0.3) is 0 Å². The van der Waals surface area contributed by atoms with E-state index in [1.807, 2.05) is 18.2 Å². The number of benzene rings is 1. The minimum absolute atomic E-state index is 0.0141. The maximum atomic E-state index is 13.6. The maximum absolute atomic E-state index is 13.6. The summed E-state index contributed by atoms with van der Waals surface area (Å²) in [4.78, 5) is 4.43. The van der Waals surface area contributed by atoms with Gasteiger partial charge in [0.15, 0.2) is 0 Å². The Morgan fingerprint density at radius 2 is 2.14 bits per heavy atom. The van der Waals surface area contributed by atoms with E-state index >= 15 is 0 Å². The number of hydrogen-bond donors (Lipinski definition) is 1. The first-order valence-electron chi connectivity index (χ1n) is 6.90. The third-order valence-electron chi connectivity index (χ3n) is 3.21. The van der Waals surface area contributed by atoms with Crippen LogP contribution < -0.4 is 5.32 Å². The van der Waals surface area contributed by atoms with Crippen molar-refractivity contribution in [1.29, 1.82) is 0 Å². The van der Waals surface area contributed by atoms with Gasteiger partial charge in [-0.05, 0) is 59.1 Å². The first-order chi connectivity index (χ1) is 10.1. The second-order valence-electron chi connectivity index (χ2n) is 4.79. The third-order valence-corrected chi connectivity index (χ3v) is 4.31. The Morgan fingerprint density at radius 1 is 1.33 bits per heavy atom. The van der Waals surface area contributed by atoms with Gasteiger partial charge in [-0.3, -0.25) is 4.98 Å². The standard InChI is InChI=1S/C16H17BrClFN2/c1-2-8-20-14(16-12(17)6-4-9-21-16)10-11-5-3-7-13(19)15(11)18/h3-7,9,14,20H,2,8,10H2,1H3. The third kappa shape index (κ3) is 4.25. The van der Waals surface area contributed by atoms with E-state index in [0.717, 1.165) is 28.7 Å². The van der Waals surface area contributed by atoms with Crippen molar-refractivity contribution in [3.8, 4) is 0 Å². The van der Waals surface area contributed by atoms with Crippen molar-refractivity contribution < 1.29 is 4.39 Å². The lowest BCUT2D eigenvalue weighted by atomic mass is 10.0. The highest BCUT2D eigenvalue weighted by Crippen LogP contribution is 2.28. The molecule has 1 aromatic heterocycles. The summed E-state index contributed by atoms with van der Waals surface area (Å²) in [5.74, 6) is -0.386. The van der Waals surface area contributed by atoms with Crippen LogP contribution in [-0.4, -0.2) is 11.5 Å². The summed E-state index contributed by atoms with van der Waals surface area (Å²) in [5.41, 5.74) is 1.69. The molecule has 1 unspecified atom stereocenters. The molecular weight excluding hydrogens is 355 g/mol. The van der Waals surface area contributed by atoms with E-state index in [1.54, 1.807) is 12.3 Å². The predicted molar refractivity (Wildman–Crippen MR) is 88.1 cm³/mol. The lowest BCUT2D eigenvalue weighted by molar-refractivity contribution is 0.514. The lowest BCUT2D eigenvalue weighted by Gasteiger charge is -2.20. The molecule has 0 saturated carbocycles. The molecule has 5 heteroatoms. The zero-order chi connectivity index (χ0) is 15.2. The average molecular weight is 372 g/mol. The van der Waals surface area contributed by atoms with E-state index in [4.69, 9.17) is 11.6 Å². The summed E-state index contributed by atoms with van der Waals surface area (Å²) < 4.78 is 14.5. The first-order valence-corrected chi connectivity index (χ1v) is 8.07. The molecule has 21 heavy (non-hydrogen) atoms. The van der Waals surface area contributed by atoms with Crippen molar-refractivity contribution >= 4 is 27.5 Å². The monoisotopic (exact) mass is 370 g/mol. The molecule has 0 fully saturated rings. The Labute approximate surface area is 137 Å². The molecule has 0 aliphatic rings. The van der Waals surface area contributed by atoms with Crippen LogP contribution in [-0.2, 0) is 6.42 Å². The molecule has 0 saturated heterocycles. The summed E-state index contributed by atoms with van der Waals surface area (Å²) in [6.45, 7) is 2.97. The van der Waals surface area contributed by atoms with Crippen LogP contribution in [0.5, 0.6) is 0 Å². The number of aromatic nitrogens is 1. The van der Waals surface area contributed by atoms with Gasteiger partial charge in [-0.1, -0.05) is 30.7 Å². The molecule has 1 atom stereocenters. The number of nitrogens with zero attached hydrogens (tertiary/aromatic N) is 1. The largest absolute Gasteiger partial charge is 0.308 e. The van der Waals surface area contributed by atoms with Gasteiger partial charge < -0.3 is 5.32 Å². The number of halogens is 3. The fraction of sp³-hybridized carbons (Fsp3) is 0.312. The summed E-state index contributed by atoms with van der Waals surface area (Å²) >= 11 is 9.59. The summed E-state index contributed by atoms with van der Waals surface area (Å²) in [6.07, 6.45) is 3.36. The van der Waals surface area contributed by atoms with Gasteiger partial charge in [0.05, 0.1) is 16.8 Å². The molecule has 2 nitrogen and oxygen atoms in total. The quantitative estimate of drug-likeness (QED) is 0.779. The molecule has 1 N–H and O–H groups in total. The van der Waals surface area contributed by atoms with E-state index in [-0.39, 0.29) is 16.9 Å². The highest BCUT2D eigenvalue weighted by atomic mass is 79.9. The van der Waals surface area contributed by atoms with Crippen molar-refractivity contribution in [3.05, 3.63) is 63.1 Å². The van der Waals surface area contributed by atoms with Crippen LogP contribution >= 0.6 is 27.5 Å². The minimum atomic E-state index is -0.386. The van der Waals surface area contributed by atoms with Crippen LogP contribution in [0.3, 0.4) is 0 Å². The fourth-order valence-electron chi connectivity index (χ4n) is 2.16. The van der Waals surface area contributed by atoms with Crippen molar-refractivity contribution in [2.24, 2.45) is 0 Å². The maximum Gasteiger partial charge on any atom is 0.142 e. The molecule has 1 aromatic carbocycles. The molecule has 0 aliphatic heterocycles. The van der Waals surface area contributed by atoms with Crippen LogP contribution in [0.15, 0.2) is 41.0 Å². The van der Waals surface area contributed by atoms with Crippen molar-refractivity contribution in [2.75, 3.05) is 6.54 Å².